The second kappa shape index (κ2) is 15.5. The summed E-state index contributed by atoms with van der Waals surface area (Å²) in [5, 5.41) is 72.8. The van der Waals surface area contributed by atoms with E-state index < -0.39 is 64.1 Å². The van der Waals surface area contributed by atoms with Gasteiger partial charge < -0.3 is 10.8 Å². The number of aliphatic hydroxyl groups excluding tert-OH is 1. The molecule has 20 nitrogen and oxygen atoms in total. The Hall–Kier alpha value is -5.45. The number of nitrogen functional groups attached to an aromatic ring is 1. The zero-order valence-corrected chi connectivity index (χ0v) is 24.0. The molecular weight excluding hydrogens is 697 g/mol. The molecule has 3 rings (SSSR count). The largest absolute Gasteiger partial charge is 0.388 e. The molecule has 0 amide bonds. The molecule has 0 aliphatic heterocycles. The normalized spacial score (nSPS) is 10.7. The molecule has 3 aromatic carbocycles. The number of nitro groups is 6. The van der Waals surface area contributed by atoms with E-state index in [4.69, 9.17) is 5.73 Å². The lowest BCUT2D eigenvalue weighted by molar-refractivity contribution is -0.396. The molecule has 1 unspecified atom stereocenters. The molecule has 3 N–H and O–H groups in total. The third kappa shape index (κ3) is 9.28. The molecule has 0 radical (unpaired) electrons. The van der Waals surface area contributed by atoms with Crippen molar-refractivity contribution in [2.45, 2.75) is 20.0 Å². The SMILES string of the molecule is CC(C)C(O)c1c([N+](=O)[O-])cccc1[N+](=O)[O-].Nc1c([N+](=O)[O-])cccc1[N+](=O)[O-].O=[N+]([O-])c1cccc([N+](=O)[O-])c1I. The standard InChI is InChI=1S/C10H12N2O5.C6H3IN2O4.C6H5N3O4/c1-6(2)10(13)9-7(11(14)15)4-3-5-8(9)12(16)17;2*7-6-4(8(10)11)2-1-3-5(6)9(12)13/h3-6,10,13H,1-2H3;1-3H;1-3H,7H2. The van der Waals surface area contributed by atoms with Crippen molar-refractivity contribution in [3.05, 3.63) is 124 Å². The van der Waals surface area contributed by atoms with Crippen LogP contribution in [0.3, 0.4) is 0 Å². The van der Waals surface area contributed by atoms with E-state index in [-0.39, 0.29) is 26.4 Å². The van der Waals surface area contributed by atoms with Crippen molar-refractivity contribution in [3.63, 3.8) is 0 Å². The van der Waals surface area contributed by atoms with Crippen molar-refractivity contribution in [1.29, 1.82) is 0 Å². The molecule has 43 heavy (non-hydrogen) atoms. The first kappa shape index (κ1) is 35.6. The number of benzene rings is 3. The third-order valence-corrected chi connectivity index (χ3v) is 6.29. The van der Waals surface area contributed by atoms with Gasteiger partial charge in [0.2, 0.25) is 0 Å². The topological polar surface area (TPSA) is 305 Å². The van der Waals surface area contributed by atoms with Gasteiger partial charge >= 0.3 is 0 Å². The molecule has 0 heterocycles. The highest BCUT2D eigenvalue weighted by Gasteiger charge is 2.31. The third-order valence-electron chi connectivity index (χ3n) is 5.19. The van der Waals surface area contributed by atoms with Crippen molar-refractivity contribution in [2.75, 3.05) is 5.73 Å². The predicted octanol–water partition coefficient (Wildman–Crippen LogP) is 5.39. The van der Waals surface area contributed by atoms with Gasteiger partial charge in [0.15, 0.2) is 9.26 Å². The molecule has 0 spiro atoms. The lowest BCUT2D eigenvalue weighted by atomic mass is 9.96. The Bertz CT molecular complexity index is 1410. The second-order valence-electron chi connectivity index (χ2n) is 8.26. The highest BCUT2D eigenvalue weighted by Crippen LogP contribution is 2.37. The van der Waals surface area contributed by atoms with Gasteiger partial charge in [-0.25, -0.2) is 0 Å². The predicted molar refractivity (Wildman–Crippen MR) is 156 cm³/mol. The van der Waals surface area contributed by atoms with E-state index in [9.17, 15) is 65.8 Å². The van der Waals surface area contributed by atoms with E-state index in [1.807, 2.05) is 0 Å². The summed E-state index contributed by atoms with van der Waals surface area (Å²) in [5.74, 6) is -0.352. The summed E-state index contributed by atoms with van der Waals surface area (Å²) in [6.07, 6.45) is -1.24. The monoisotopic (exact) mass is 717 g/mol. The van der Waals surface area contributed by atoms with Gasteiger partial charge in [-0.3, -0.25) is 60.7 Å². The van der Waals surface area contributed by atoms with Gasteiger partial charge in [0, 0.05) is 36.4 Å². The van der Waals surface area contributed by atoms with Crippen LogP contribution in [0, 0.1) is 70.2 Å². The smallest absolute Gasteiger partial charge is 0.299 e. The van der Waals surface area contributed by atoms with Crippen LogP contribution in [0.5, 0.6) is 0 Å². The Kier molecular flexibility index (Phi) is 12.8. The van der Waals surface area contributed by atoms with Crippen LogP contribution in [0.25, 0.3) is 0 Å². The molecule has 21 heteroatoms. The molecule has 0 aliphatic carbocycles. The first-order valence-corrected chi connectivity index (χ1v) is 12.4. The molecular formula is C22H20IN7O13. The fourth-order valence-corrected chi connectivity index (χ4v) is 3.90. The fraction of sp³-hybridized carbons (Fsp3) is 0.182. The van der Waals surface area contributed by atoms with E-state index in [2.05, 4.69) is 0 Å². The Labute approximate surface area is 252 Å². The first-order chi connectivity index (χ1) is 19.9. The minimum atomic E-state index is -1.24. The molecule has 0 saturated carbocycles. The lowest BCUT2D eigenvalue weighted by Crippen LogP contribution is -2.11. The Morgan fingerprint density at radius 1 is 0.581 bits per heavy atom. The summed E-state index contributed by atoms with van der Waals surface area (Å²) in [4.78, 5) is 58.7. The molecule has 0 aliphatic rings. The average Bonchev–Trinajstić information content (AvgIpc) is 2.92. The summed E-state index contributed by atoms with van der Waals surface area (Å²) < 4.78 is 0.0510. The number of aliphatic hydroxyl groups is 1. The summed E-state index contributed by atoms with van der Waals surface area (Å²) >= 11 is 1.59. The van der Waals surface area contributed by atoms with Crippen LogP contribution in [-0.4, -0.2) is 34.6 Å². The first-order valence-electron chi connectivity index (χ1n) is 11.3. The number of hydrogen-bond donors (Lipinski definition) is 2. The van der Waals surface area contributed by atoms with Gasteiger partial charge in [0.05, 0.1) is 35.6 Å². The fourth-order valence-electron chi connectivity index (χ4n) is 3.15. The van der Waals surface area contributed by atoms with Gasteiger partial charge in [-0.2, -0.15) is 0 Å². The summed E-state index contributed by atoms with van der Waals surface area (Å²) in [6.45, 7) is 3.26. The summed E-state index contributed by atoms with van der Waals surface area (Å²) in [5.41, 5.74) is 2.30. The molecule has 0 saturated heterocycles. The maximum atomic E-state index is 10.8. The molecule has 0 aromatic heterocycles. The summed E-state index contributed by atoms with van der Waals surface area (Å²) in [6, 6.07) is 10.7. The van der Waals surface area contributed by atoms with Gasteiger partial charge in [-0.1, -0.05) is 13.8 Å². The van der Waals surface area contributed by atoms with E-state index >= 15 is 0 Å². The number of rotatable bonds is 8. The second-order valence-corrected chi connectivity index (χ2v) is 9.34. The van der Waals surface area contributed by atoms with Crippen LogP contribution in [0.4, 0.5) is 39.8 Å². The highest BCUT2D eigenvalue weighted by atomic mass is 127. The van der Waals surface area contributed by atoms with Crippen LogP contribution < -0.4 is 5.73 Å². The number of halogens is 1. The zero-order valence-electron chi connectivity index (χ0n) is 21.8. The van der Waals surface area contributed by atoms with Crippen molar-refractivity contribution in [3.8, 4) is 0 Å². The van der Waals surface area contributed by atoms with Gasteiger partial charge in [0.1, 0.15) is 5.56 Å². The summed E-state index contributed by atoms with van der Waals surface area (Å²) in [7, 11) is 0. The van der Waals surface area contributed by atoms with Crippen molar-refractivity contribution >= 4 is 62.4 Å². The zero-order chi connectivity index (χ0) is 33.2. The quantitative estimate of drug-likeness (QED) is 0.128. The van der Waals surface area contributed by atoms with E-state index in [0.29, 0.717) is 0 Å². The minimum absolute atomic E-state index is 0.0510. The van der Waals surface area contributed by atoms with Crippen molar-refractivity contribution < 1.29 is 34.6 Å². The number of nitrogens with two attached hydrogens (primary N) is 1. The van der Waals surface area contributed by atoms with Crippen molar-refractivity contribution in [2.24, 2.45) is 5.92 Å². The van der Waals surface area contributed by atoms with Crippen molar-refractivity contribution in [1.82, 2.24) is 0 Å². The maximum Gasteiger partial charge on any atom is 0.299 e. The van der Waals surface area contributed by atoms with Gasteiger partial charge in [-0.15, -0.1) is 0 Å². The average molecular weight is 717 g/mol. The molecule has 0 fully saturated rings. The maximum absolute atomic E-state index is 10.8. The number of anilines is 1. The molecule has 228 valence electrons. The van der Waals surface area contributed by atoms with Gasteiger partial charge in [-0.05, 0) is 46.7 Å². The Morgan fingerprint density at radius 2 is 0.837 bits per heavy atom. The lowest BCUT2D eigenvalue weighted by Gasteiger charge is -2.14. The molecule has 1 atom stereocenters. The number of nitro benzene ring substituents is 6. The minimum Gasteiger partial charge on any atom is -0.388 e. The van der Waals surface area contributed by atoms with Gasteiger partial charge in [0.25, 0.3) is 34.1 Å². The van der Waals surface area contributed by atoms with Crippen LogP contribution in [0.15, 0.2) is 54.6 Å². The Balaban J connectivity index is 0.000000327. The van der Waals surface area contributed by atoms with E-state index in [1.165, 1.54) is 30.3 Å². The van der Waals surface area contributed by atoms with Crippen LogP contribution in [0.1, 0.15) is 25.5 Å². The van der Waals surface area contributed by atoms with E-state index in [1.54, 1.807) is 36.4 Å². The van der Waals surface area contributed by atoms with Crippen LogP contribution in [-0.2, 0) is 0 Å². The molecule has 3 aromatic rings. The number of para-hydroxylation sites is 1. The van der Waals surface area contributed by atoms with Crippen LogP contribution in [0.2, 0.25) is 0 Å². The highest BCUT2D eigenvalue weighted by molar-refractivity contribution is 14.1. The van der Waals surface area contributed by atoms with Crippen LogP contribution >= 0.6 is 22.6 Å². The Morgan fingerprint density at radius 3 is 1.09 bits per heavy atom. The molecule has 0 bridgehead atoms. The van der Waals surface area contributed by atoms with E-state index in [0.717, 1.165) is 24.3 Å². The number of hydrogen-bond acceptors (Lipinski definition) is 14. The number of nitrogens with zero attached hydrogens (tertiary/aromatic N) is 6.